The van der Waals surface area contributed by atoms with Crippen molar-refractivity contribution in [1.29, 1.82) is 0 Å². The summed E-state index contributed by atoms with van der Waals surface area (Å²) in [6.07, 6.45) is 0.716. The Morgan fingerprint density at radius 1 is 0.875 bits per heavy atom. The first-order valence-electron chi connectivity index (χ1n) is 8.53. The van der Waals surface area contributed by atoms with E-state index in [1.165, 1.54) is 0 Å². The summed E-state index contributed by atoms with van der Waals surface area (Å²) >= 11 is 0. The summed E-state index contributed by atoms with van der Waals surface area (Å²) in [4.78, 5) is 27.5. The molecule has 0 aliphatic carbocycles. The van der Waals surface area contributed by atoms with Gasteiger partial charge in [0.15, 0.2) is 5.78 Å². The summed E-state index contributed by atoms with van der Waals surface area (Å²) in [5, 5.41) is 0. The van der Waals surface area contributed by atoms with Crippen molar-refractivity contribution >= 4 is 11.7 Å². The Kier molecular flexibility index (Phi) is 4.79. The van der Waals surface area contributed by atoms with E-state index in [0.29, 0.717) is 18.5 Å². The molecule has 1 aliphatic heterocycles. The topological polar surface area (TPSA) is 37.4 Å². The quantitative estimate of drug-likeness (QED) is 0.800. The molecule has 0 radical (unpaired) electrons. The fourth-order valence-electron chi connectivity index (χ4n) is 3.56. The monoisotopic (exact) mass is 321 g/mol. The molecule has 3 rings (SSSR count). The lowest BCUT2D eigenvalue weighted by Gasteiger charge is -2.41. The van der Waals surface area contributed by atoms with Gasteiger partial charge in [-0.1, -0.05) is 55.5 Å². The van der Waals surface area contributed by atoms with Crippen LogP contribution in [0.15, 0.2) is 60.7 Å². The predicted octanol–water partition coefficient (Wildman–Crippen LogP) is 4.06. The summed E-state index contributed by atoms with van der Waals surface area (Å²) < 4.78 is 0. The smallest absolute Gasteiger partial charge is 0.254 e. The van der Waals surface area contributed by atoms with Gasteiger partial charge in [-0.2, -0.15) is 0 Å². The number of carbonyl (C=O) groups is 2. The lowest BCUT2D eigenvalue weighted by atomic mass is 9.78. The van der Waals surface area contributed by atoms with Crippen LogP contribution in [-0.2, 0) is 0 Å². The second-order valence-electron chi connectivity index (χ2n) is 6.72. The van der Waals surface area contributed by atoms with E-state index in [2.05, 4.69) is 6.92 Å². The second kappa shape index (κ2) is 7.00. The minimum Gasteiger partial charge on any atom is -0.336 e. The zero-order valence-corrected chi connectivity index (χ0v) is 14.2. The maximum Gasteiger partial charge on any atom is 0.254 e. The highest BCUT2D eigenvalue weighted by atomic mass is 16.2. The molecule has 124 valence electrons. The van der Waals surface area contributed by atoms with Gasteiger partial charge in [0.05, 0.1) is 0 Å². The van der Waals surface area contributed by atoms with Gasteiger partial charge in [0.1, 0.15) is 0 Å². The molecule has 0 spiro atoms. The van der Waals surface area contributed by atoms with Crippen molar-refractivity contribution in [2.75, 3.05) is 6.54 Å². The highest BCUT2D eigenvalue weighted by Crippen LogP contribution is 2.31. The molecule has 0 N–H and O–H groups in total. The van der Waals surface area contributed by atoms with Gasteiger partial charge in [-0.3, -0.25) is 9.59 Å². The summed E-state index contributed by atoms with van der Waals surface area (Å²) in [6.45, 7) is 4.73. The van der Waals surface area contributed by atoms with Crippen molar-refractivity contribution in [1.82, 2.24) is 4.90 Å². The summed E-state index contributed by atoms with van der Waals surface area (Å²) in [7, 11) is 0. The SMILES string of the molecule is C[C@@H]1CN(C(=O)c2ccccc2)[C@@H](C)CC1C(=O)c1ccccc1. The molecule has 1 aliphatic rings. The van der Waals surface area contributed by atoms with Crippen molar-refractivity contribution in [2.24, 2.45) is 11.8 Å². The number of hydrogen-bond donors (Lipinski definition) is 0. The van der Waals surface area contributed by atoms with Gasteiger partial charge in [0.25, 0.3) is 5.91 Å². The van der Waals surface area contributed by atoms with Gasteiger partial charge >= 0.3 is 0 Å². The Balaban J connectivity index is 1.75. The molecule has 1 saturated heterocycles. The van der Waals surface area contributed by atoms with Gasteiger partial charge < -0.3 is 4.90 Å². The summed E-state index contributed by atoms with van der Waals surface area (Å²) in [5.74, 6) is 0.381. The third kappa shape index (κ3) is 3.25. The number of ketones is 1. The number of likely N-dealkylation sites (tertiary alicyclic amines) is 1. The number of amides is 1. The normalized spacial score (nSPS) is 23.8. The molecule has 2 aromatic rings. The van der Waals surface area contributed by atoms with Crippen molar-refractivity contribution in [3.05, 3.63) is 71.8 Å². The number of nitrogens with zero attached hydrogens (tertiary/aromatic N) is 1. The van der Waals surface area contributed by atoms with Gasteiger partial charge in [-0.25, -0.2) is 0 Å². The summed E-state index contributed by atoms with van der Waals surface area (Å²) in [5.41, 5.74) is 1.48. The lowest BCUT2D eigenvalue weighted by molar-refractivity contribution is 0.0424. The molecule has 2 aromatic carbocycles. The molecular weight excluding hydrogens is 298 g/mol. The molecule has 24 heavy (non-hydrogen) atoms. The molecule has 3 nitrogen and oxygen atoms in total. The Bertz CT molecular complexity index is 648. The first-order valence-corrected chi connectivity index (χ1v) is 8.53. The number of hydrogen-bond acceptors (Lipinski definition) is 2. The predicted molar refractivity (Wildman–Crippen MR) is 95.0 cm³/mol. The third-order valence-electron chi connectivity index (χ3n) is 4.98. The third-order valence-corrected chi connectivity index (χ3v) is 4.98. The molecule has 1 heterocycles. The molecule has 3 heteroatoms. The van der Waals surface area contributed by atoms with Crippen molar-refractivity contribution in [3.63, 3.8) is 0 Å². The van der Waals surface area contributed by atoms with Crippen molar-refractivity contribution < 1.29 is 9.59 Å². The van der Waals surface area contributed by atoms with E-state index in [0.717, 1.165) is 5.56 Å². The standard InChI is InChI=1S/C21H23NO2/c1-15-14-22(21(24)18-11-7-4-8-12-18)16(2)13-19(15)20(23)17-9-5-3-6-10-17/h3-12,15-16,19H,13-14H2,1-2H3/t15-,16+,19?/m1/s1. The fraction of sp³-hybridized carbons (Fsp3) is 0.333. The highest BCUT2D eigenvalue weighted by Gasteiger charge is 2.37. The first kappa shape index (κ1) is 16.4. The minimum atomic E-state index is -0.0257. The molecule has 0 bridgehead atoms. The van der Waals surface area contributed by atoms with Crippen LogP contribution in [0, 0.1) is 11.8 Å². The Morgan fingerprint density at radius 2 is 1.42 bits per heavy atom. The fourth-order valence-corrected chi connectivity index (χ4v) is 3.56. The van der Waals surface area contributed by atoms with E-state index >= 15 is 0 Å². The van der Waals surface area contributed by atoms with E-state index in [-0.39, 0.29) is 29.6 Å². The van der Waals surface area contributed by atoms with Crippen LogP contribution in [0.25, 0.3) is 0 Å². The molecular formula is C21H23NO2. The zero-order chi connectivity index (χ0) is 17.1. The average molecular weight is 321 g/mol. The Morgan fingerprint density at radius 3 is 2.00 bits per heavy atom. The van der Waals surface area contributed by atoms with E-state index < -0.39 is 0 Å². The largest absolute Gasteiger partial charge is 0.336 e. The number of benzene rings is 2. The summed E-state index contributed by atoms with van der Waals surface area (Å²) in [6, 6.07) is 18.9. The van der Waals surface area contributed by atoms with Gasteiger partial charge in [0, 0.05) is 29.6 Å². The van der Waals surface area contributed by atoms with Crippen LogP contribution in [0.3, 0.4) is 0 Å². The molecule has 0 aromatic heterocycles. The average Bonchev–Trinajstić information content (AvgIpc) is 2.63. The van der Waals surface area contributed by atoms with Crippen molar-refractivity contribution in [3.8, 4) is 0 Å². The zero-order valence-electron chi connectivity index (χ0n) is 14.2. The van der Waals surface area contributed by atoms with E-state index in [9.17, 15) is 9.59 Å². The van der Waals surface area contributed by atoms with Gasteiger partial charge in [-0.05, 0) is 31.4 Å². The van der Waals surface area contributed by atoms with Crippen LogP contribution < -0.4 is 0 Å². The first-order chi connectivity index (χ1) is 11.6. The van der Waals surface area contributed by atoms with Crippen LogP contribution >= 0.6 is 0 Å². The highest BCUT2D eigenvalue weighted by molar-refractivity contribution is 5.98. The van der Waals surface area contributed by atoms with E-state index in [1.54, 1.807) is 0 Å². The van der Waals surface area contributed by atoms with Crippen LogP contribution in [0.4, 0.5) is 0 Å². The molecule has 1 amide bonds. The van der Waals surface area contributed by atoms with Crippen LogP contribution in [0.5, 0.6) is 0 Å². The van der Waals surface area contributed by atoms with Crippen LogP contribution in [0.1, 0.15) is 41.0 Å². The molecule has 3 atom stereocenters. The van der Waals surface area contributed by atoms with Gasteiger partial charge in [0.2, 0.25) is 0 Å². The Hall–Kier alpha value is -2.42. The van der Waals surface area contributed by atoms with Crippen LogP contribution in [0.2, 0.25) is 0 Å². The van der Waals surface area contributed by atoms with Crippen molar-refractivity contribution in [2.45, 2.75) is 26.3 Å². The maximum absolute atomic E-state index is 12.8. The van der Waals surface area contributed by atoms with Gasteiger partial charge in [-0.15, -0.1) is 0 Å². The molecule has 1 unspecified atom stereocenters. The number of rotatable bonds is 3. The molecule has 0 saturated carbocycles. The van der Waals surface area contributed by atoms with E-state index in [1.807, 2.05) is 72.5 Å². The lowest BCUT2D eigenvalue weighted by Crippen LogP contribution is -2.50. The number of Topliss-reactive ketones (excluding diaryl/α,β-unsaturated/α-hetero) is 1. The number of carbonyl (C=O) groups excluding carboxylic acids is 2. The number of piperidine rings is 1. The minimum absolute atomic E-state index is 0.0257. The molecule has 1 fully saturated rings. The van der Waals surface area contributed by atoms with Crippen LogP contribution in [-0.4, -0.2) is 29.2 Å². The Labute approximate surface area is 143 Å². The maximum atomic E-state index is 12.8. The second-order valence-corrected chi connectivity index (χ2v) is 6.72. The van der Waals surface area contributed by atoms with E-state index in [4.69, 9.17) is 0 Å².